The number of hydrogen-bond donors (Lipinski definition) is 2. The predicted octanol–water partition coefficient (Wildman–Crippen LogP) is 6.66. The van der Waals surface area contributed by atoms with Crippen LogP contribution in [0.3, 0.4) is 0 Å². The van der Waals surface area contributed by atoms with Crippen molar-refractivity contribution in [2.24, 2.45) is 0 Å². The van der Waals surface area contributed by atoms with Crippen LogP contribution in [-0.2, 0) is 0 Å². The van der Waals surface area contributed by atoms with Crippen molar-refractivity contribution in [3.05, 3.63) is 53.2 Å². The normalized spacial score (nSPS) is 18.5. The fraction of sp³-hybridized carbons (Fsp3) is 0.382. The lowest BCUT2D eigenvalue weighted by Gasteiger charge is -2.30. The zero-order chi connectivity index (χ0) is 36.4. The van der Waals surface area contributed by atoms with Crippen molar-refractivity contribution in [3.63, 3.8) is 0 Å². The van der Waals surface area contributed by atoms with Crippen molar-refractivity contribution in [2.45, 2.75) is 44.4 Å². The van der Waals surface area contributed by atoms with Crippen LogP contribution < -0.4 is 25.8 Å². The number of nitrogens with zero attached hydrogens (tertiary/aromatic N) is 7. The third kappa shape index (κ3) is 6.73. The summed E-state index contributed by atoms with van der Waals surface area (Å²) < 4.78 is 74.4. The van der Waals surface area contributed by atoms with Gasteiger partial charge in [-0.05, 0) is 50.9 Å². The first-order valence-corrected chi connectivity index (χ1v) is 16.9. The first-order valence-electron chi connectivity index (χ1n) is 16.1. The third-order valence-electron chi connectivity index (χ3n) is 9.17. The van der Waals surface area contributed by atoms with E-state index in [4.69, 9.17) is 20.9 Å². The first-order chi connectivity index (χ1) is 24.6. The summed E-state index contributed by atoms with van der Waals surface area (Å²) in [6, 6.07) is 8.41. The summed E-state index contributed by atoms with van der Waals surface area (Å²) in [4.78, 5) is 21.7. The average molecular weight is 728 g/mol. The number of aromatic nitrogens is 4. The second kappa shape index (κ2) is 15.0. The largest absolute Gasteiger partial charge is 0.475 e. The van der Waals surface area contributed by atoms with E-state index in [-0.39, 0.29) is 67.4 Å². The molecule has 51 heavy (non-hydrogen) atoms. The van der Waals surface area contributed by atoms with Gasteiger partial charge in [-0.15, -0.1) is 11.3 Å². The lowest BCUT2D eigenvalue weighted by Crippen LogP contribution is -2.31. The van der Waals surface area contributed by atoms with Crippen molar-refractivity contribution in [3.8, 4) is 29.2 Å². The summed E-state index contributed by atoms with van der Waals surface area (Å²) in [7, 11) is 1.38. The number of ether oxygens (including phenoxy) is 2. The molecule has 5 aromatic rings. The molecule has 17 heteroatoms. The first kappa shape index (κ1) is 35.7. The molecule has 3 atom stereocenters. The van der Waals surface area contributed by atoms with E-state index in [1.54, 1.807) is 12.3 Å². The van der Waals surface area contributed by atoms with Gasteiger partial charge in [0.1, 0.15) is 57.9 Å². The van der Waals surface area contributed by atoms with E-state index >= 15 is 4.39 Å². The van der Waals surface area contributed by atoms with Crippen LogP contribution in [0.15, 0.2) is 30.5 Å². The van der Waals surface area contributed by atoms with Crippen LogP contribution in [0, 0.1) is 23.0 Å². The molecule has 1 aromatic carbocycles. The molecule has 4 aromatic heterocycles. The number of methoxy groups -OCH3 is 1. The van der Waals surface area contributed by atoms with Gasteiger partial charge >= 0.3 is 6.01 Å². The highest BCUT2D eigenvalue weighted by molar-refractivity contribution is 7.23. The van der Waals surface area contributed by atoms with E-state index in [9.17, 15) is 22.8 Å². The summed E-state index contributed by atoms with van der Waals surface area (Å²) in [6.07, 6.45) is 4.41. The SMILES string of the molecule is COc1nc2c3c(nc(-c4ccc(F)c5sc(N)c(C#N)c45)c(F)c3n1)OCCN2C(C)c1cccnc1N.FC1CC2CCCN2C1.FCF. The number of pyridine rings is 2. The zero-order valence-corrected chi connectivity index (χ0v) is 28.5. The molecule has 0 spiro atoms. The fourth-order valence-corrected chi connectivity index (χ4v) is 7.83. The topological polar surface area (TPSA) is 152 Å². The highest BCUT2D eigenvalue weighted by Gasteiger charge is 2.35. The van der Waals surface area contributed by atoms with Gasteiger partial charge in [0.05, 0.1) is 30.0 Å². The second-order valence-corrected chi connectivity index (χ2v) is 13.1. The zero-order valence-electron chi connectivity index (χ0n) is 27.7. The van der Waals surface area contributed by atoms with Gasteiger partial charge in [-0.3, -0.25) is 4.90 Å². The van der Waals surface area contributed by atoms with Crippen LogP contribution >= 0.6 is 11.3 Å². The van der Waals surface area contributed by atoms with E-state index in [0.717, 1.165) is 29.9 Å². The lowest BCUT2D eigenvalue weighted by atomic mass is 10.0. The minimum absolute atomic E-state index is 0.0487. The number of nitrogens with two attached hydrogens (primary N) is 2. The van der Waals surface area contributed by atoms with Gasteiger partial charge in [-0.25, -0.2) is 31.9 Å². The molecule has 11 nitrogen and oxygen atoms in total. The van der Waals surface area contributed by atoms with E-state index < -0.39 is 24.7 Å². The van der Waals surface area contributed by atoms with Gasteiger partial charge in [-0.1, -0.05) is 6.07 Å². The van der Waals surface area contributed by atoms with Crippen molar-refractivity contribution in [1.29, 1.82) is 5.26 Å². The van der Waals surface area contributed by atoms with E-state index in [2.05, 4.69) is 24.8 Å². The number of anilines is 3. The minimum Gasteiger partial charge on any atom is -0.475 e. The molecule has 0 saturated carbocycles. The maximum atomic E-state index is 16.4. The minimum atomic E-state index is -1.75. The summed E-state index contributed by atoms with van der Waals surface area (Å²) >= 11 is 0.915. The molecule has 4 N–H and O–H groups in total. The van der Waals surface area contributed by atoms with Crippen LogP contribution in [0.4, 0.5) is 38.6 Å². The van der Waals surface area contributed by atoms with Gasteiger partial charge < -0.3 is 25.8 Å². The van der Waals surface area contributed by atoms with Crippen molar-refractivity contribution < 1.29 is 31.4 Å². The molecule has 2 fully saturated rings. The molecule has 0 amide bonds. The Kier molecular flexibility index (Phi) is 10.5. The molecular weight excluding hydrogens is 693 g/mol. The molecule has 3 aliphatic heterocycles. The van der Waals surface area contributed by atoms with Crippen LogP contribution in [0.1, 0.15) is 43.4 Å². The summed E-state index contributed by atoms with van der Waals surface area (Å²) in [5, 5.41) is 10.3. The Balaban J connectivity index is 0.000000316. The van der Waals surface area contributed by atoms with Crippen molar-refractivity contribution >= 4 is 49.0 Å². The number of halogens is 5. The number of benzene rings is 1. The second-order valence-electron chi connectivity index (χ2n) is 12.0. The molecular formula is C34H34F5N9O2S. The quantitative estimate of drug-likeness (QED) is 0.191. The molecule has 0 bridgehead atoms. The van der Waals surface area contributed by atoms with Gasteiger partial charge in [0, 0.05) is 35.3 Å². The number of fused-ring (bicyclic) bond motifs is 2. The number of nitriles is 1. The highest BCUT2D eigenvalue weighted by Crippen LogP contribution is 2.45. The smallest absolute Gasteiger partial charge is 0.318 e. The van der Waals surface area contributed by atoms with Crippen LogP contribution in [0.5, 0.6) is 11.9 Å². The van der Waals surface area contributed by atoms with Crippen LogP contribution in [0.25, 0.3) is 32.2 Å². The van der Waals surface area contributed by atoms with Gasteiger partial charge in [0.25, 0.3) is 0 Å². The Morgan fingerprint density at radius 3 is 2.63 bits per heavy atom. The Hall–Kier alpha value is -5.08. The van der Waals surface area contributed by atoms with Gasteiger partial charge in [0.2, 0.25) is 12.8 Å². The molecule has 3 unspecified atom stereocenters. The number of rotatable bonds is 4. The Bertz CT molecular complexity index is 2100. The molecule has 268 valence electrons. The molecule has 8 rings (SSSR count). The number of thiophene rings is 1. The third-order valence-corrected chi connectivity index (χ3v) is 10.2. The number of nitrogen functional groups attached to an aromatic ring is 2. The van der Waals surface area contributed by atoms with E-state index in [1.165, 1.54) is 32.1 Å². The monoisotopic (exact) mass is 727 g/mol. The molecule has 0 radical (unpaired) electrons. The predicted molar refractivity (Wildman–Crippen MR) is 185 cm³/mol. The lowest BCUT2D eigenvalue weighted by molar-refractivity contribution is 0.292. The van der Waals surface area contributed by atoms with Crippen molar-refractivity contribution in [1.82, 2.24) is 24.8 Å². The summed E-state index contributed by atoms with van der Waals surface area (Å²) in [5.41, 5.74) is 12.9. The molecule has 2 saturated heterocycles. The van der Waals surface area contributed by atoms with Crippen LogP contribution in [0.2, 0.25) is 0 Å². The molecule has 7 heterocycles. The van der Waals surface area contributed by atoms with Gasteiger partial charge in [-0.2, -0.15) is 15.2 Å². The Morgan fingerprint density at radius 2 is 1.92 bits per heavy atom. The average Bonchev–Trinajstić information content (AvgIpc) is 3.77. The summed E-state index contributed by atoms with van der Waals surface area (Å²) in [5.74, 6) is -0.591. The number of hydrogen-bond acceptors (Lipinski definition) is 12. The van der Waals surface area contributed by atoms with Gasteiger partial charge in [0.15, 0.2) is 5.82 Å². The van der Waals surface area contributed by atoms with Crippen molar-refractivity contribution in [2.75, 3.05) is 56.6 Å². The summed E-state index contributed by atoms with van der Waals surface area (Å²) in [6.45, 7) is 2.58. The van der Waals surface area contributed by atoms with E-state index in [0.29, 0.717) is 30.8 Å². The van der Waals surface area contributed by atoms with E-state index in [1.807, 2.05) is 24.0 Å². The molecule has 3 aliphatic rings. The maximum Gasteiger partial charge on any atom is 0.318 e. The number of alkyl halides is 3. The fourth-order valence-electron chi connectivity index (χ4n) is 6.88. The standard InChI is InChI=1S/C26H20F2N8O2S.C7H12FN.CH2F2/c1-11(12-4-3-7-32-22(12)30)36-8-9-38-25-17-20(34-26(37-2)35-24(17)36)18(28)19(33-25)13-5-6-15(27)21-16(13)14(10-29)23(31)39-21;8-6-4-7-2-1-3-9(7)5-6;2-1-3/h3-7,11H,8-9,31H2,1-2H3,(H2,30,32);6-7H,1-5H2;1H2. The Morgan fingerprint density at radius 1 is 1.14 bits per heavy atom. The Labute approximate surface area is 293 Å². The highest BCUT2D eigenvalue weighted by atomic mass is 32.1. The van der Waals surface area contributed by atoms with Crippen LogP contribution in [-0.4, -0.2) is 77.3 Å². The molecule has 0 aliphatic carbocycles. The maximum absolute atomic E-state index is 16.4.